The average Bonchev–Trinajstić information content (AvgIpc) is 2.53. The van der Waals surface area contributed by atoms with E-state index in [1.807, 2.05) is 24.3 Å². The molecule has 1 aromatic rings. The molecule has 1 aromatic carbocycles. The van der Waals surface area contributed by atoms with Gasteiger partial charge in [-0.25, -0.2) is 0 Å². The molecule has 0 aromatic heterocycles. The average molecular weight is 219 g/mol. The van der Waals surface area contributed by atoms with Crippen molar-refractivity contribution in [2.75, 3.05) is 4.90 Å². The van der Waals surface area contributed by atoms with Crippen molar-refractivity contribution in [3.8, 4) is 0 Å². The van der Waals surface area contributed by atoms with Crippen molar-refractivity contribution in [3.63, 3.8) is 0 Å². The highest BCUT2D eigenvalue weighted by atomic mass is 16.4. The van der Waals surface area contributed by atoms with Crippen LogP contribution in [0.1, 0.15) is 18.9 Å². The number of carbonyl (C=O) groups is 2. The van der Waals surface area contributed by atoms with Gasteiger partial charge in [0.25, 0.3) is 0 Å². The lowest BCUT2D eigenvalue weighted by molar-refractivity contribution is -0.137. The van der Waals surface area contributed by atoms with Crippen LogP contribution in [-0.4, -0.2) is 23.0 Å². The van der Waals surface area contributed by atoms with E-state index in [1.54, 1.807) is 4.90 Å². The van der Waals surface area contributed by atoms with Crippen molar-refractivity contribution in [2.24, 2.45) is 0 Å². The van der Waals surface area contributed by atoms with E-state index in [-0.39, 0.29) is 18.4 Å². The Morgan fingerprint density at radius 2 is 2.12 bits per heavy atom. The Labute approximate surface area is 93.5 Å². The van der Waals surface area contributed by atoms with E-state index in [4.69, 9.17) is 5.11 Å². The Morgan fingerprint density at radius 1 is 1.44 bits per heavy atom. The number of anilines is 1. The summed E-state index contributed by atoms with van der Waals surface area (Å²) in [5.41, 5.74) is 1.89. The van der Waals surface area contributed by atoms with Gasteiger partial charge >= 0.3 is 5.97 Å². The number of rotatable bonds is 2. The number of hydrogen-bond acceptors (Lipinski definition) is 2. The van der Waals surface area contributed by atoms with Gasteiger partial charge in [-0.1, -0.05) is 18.2 Å². The first kappa shape index (κ1) is 10.7. The van der Waals surface area contributed by atoms with Crippen LogP contribution in [0.2, 0.25) is 0 Å². The van der Waals surface area contributed by atoms with Crippen molar-refractivity contribution in [1.29, 1.82) is 0 Å². The number of carbonyl (C=O) groups excluding carboxylic acids is 1. The molecule has 4 heteroatoms. The van der Waals surface area contributed by atoms with Crippen molar-refractivity contribution >= 4 is 17.6 Å². The van der Waals surface area contributed by atoms with Crippen molar-refractivity contribution < 1.29 is 14.7 Å². The monoisotopic (exact) mass is 219 g/mol. The first-order valence-corrected chi connectivity index (χ1v) is 5.19. The first-order chi connectivity index (χ1) is 7.59. The summed E-state index contributed by atoms with van der Waals surface area (Å²) >= 11 is 0. The van der Waals surface area contributed by atoms with Gasteiger partial charge in [0, 0.05) is 12.6 Å². The smallest absolute Gasteiger partial charge is 0.305 e. The van der Waals surface area contributed by atoms with Crippen LogP contribution in [0.5, 0.6) is 0 Å². The summed E-state index contributed by atoms with van der Waals surface area (Å²) in [4.78, 5) is 23.9. The molecule has 84 valence electrons. The minimum atomic E-state index is -0.871. The van der Waals surface area contributed by atoms with Crippen LogP contribution in [0.3, 0.4) is 0 Å². The van der Waals surface area contributed by atoms with Gasteiger partial charge in [0.05, 0.1) is 12.5 Å². The highest BCUT2D eigenvalue weighted by Crippen LogP contribution is 2.33. The van der Waals surface area contributed by atoms with Gasteiger partial charge in [0.2, 0.25) is 5.91 Å². The summed E-state index contributed by atoms with van der Waals surface area (Å²) in [5.74, 6) is -0.972. The molecule has 1 heterocycles. The van der Waals surface area contributed by atoms with Gasteiger partial charge < -0.3 is 10.0 Å². The zero-order valence-corrected chi connectivity index (χ0v) is 9.01. The van der Waals surface area contributed by atoms with Gasteiger partial charge in [-0.15, -0.1) is 0 Å². The minimum Gasteiger partial charge on any atom is -0.481 e. The van der Waals surface area contributed by atoms with Crippen LogP contribution in [0.15, 0.2) is 24.3 Å². The summed E-state index contributed by atoms with van der Waals surface area (Å²) in [7, 11) is 0. The predicted molar refractivity (Wildman–Crippen MR) is 59.3 cm³/mol. The molecule has 1 aliphatic heterocycles. The number of para-hydroxylation sites is 1. The lowest BCUT2D eigenvalue weighted by Gasteiger charge is -2.22. The maximum Gasteiger partial charge on any atom is 0.305 e. The molecule has 0 radical (unpaired) electrons. The molecule has 0 aliphatic carbocycles. The fourth-order valence-corrected chi connectivity index (χ4v) is 2.25. The maximum absolute atomic E-state index is 11.5. The largest absolute Gasteiger partial charge is 0.481 e. The number of amides is 1. The molecule has 0 saturated heterocycles. The number of carboxylic acid groups (broad SMARTS) is 1. The second-order valence-corrected chi connectivity index (χ2v) is 3.97. The SMILES string of the molecule is CC(=O)N1c2ccccc2CC1CC(=O)O. The lowest BCUT2D eigenvalue weighted by atomic mass is 10.1. The lowest BCUT2D eigenvalue weighted by Crippen LogP contribution is -2.37. The van der Waals surface area contributed by atoms with E-state index in [1.165, 1.54) is 6.92 Å². The third-order valence-electron chi connectivity index (χ3n) is 2.82. The highest BCUT2D eigenvalue weighted by molar-refractivity contribution is 5.95. The van der Waals surface area contributed by atoms with Crippen molar-refractivity contribution in [3.05, 3.63) is 29.8 Å². The van der Waals surface area contributed by atoms with Crippen LogP contribution >= 0.6 is 0 Å². The number of fused-ring (bicyclic) bond motifs is 1. The third-order valence-corrected chi connectivity index (χ3v) is 2.82. The normalized spacial score (nSPS) is 18.3. The van der Waals surface area contributed by atoms with E-state index >= 15 is 0 Å². The maximum atomic E-state index is 11.5. The Kier molecular flexibility index (Phi) is 2.64. The molecule has 1 atom stereocenters. The zero-order valence-electron chi connectivity index (χ0n) is 9.01. The van der Waals surface area contributed by atoms with Crippen LogP contribution in [-0.2, 0) is 16.0 Å². The standard InChI is InChI=1S/C12H13NO3/c1-8(14)13-10(7-12(15)16)6-9-4-2-3-5-11(9)13/h2-5,10H,6-7H2,1H3,(H,15,16). The predicted octanol–water partition coefficient (Wildman–Crippen LogP) is 1.44. The van der Waals surface area contributed by atoms with Crippen LogP contribution < -0.4 is 4.90 Å². The third kappa shape index (κ3) is 1.78. The molecule has 2 rings (SSSR count). The highest BCUT2D eigenvalue weighted by Gasteiger charge is 2.32. The van der Waals surface area contributed by atoms with Crippen molar-refractivity contribution in [2.45, 2.75) is 25.8 Å². The molecule has 4 nitrogen and oxygen atoms in total. The molecule has 0 bridgehead atoms. The van der Waals surface area contributed by atoms with E-state index in [2.05, 4.69) is 0 Å². The zero-order chi connectivity index (χ0) is 11.7. The fourth-order valence-electron chi connectivity index (χ4n) is 2.25. The van der Waals surface area contributed by atoms with E-state index in [0.717, 1.165) is 11.3 Å². The molecular weight excluding hydrogens is 206 g/mol. The summed E-state index contributed by atoms with van der Waals surface area (Å²) in [6.45, 7) is 1.47. The molecule has 0 fully saturated rings. The van der Waals surface area contributed by atoms with E-state index < -0.39 is 5.97 Å². The number of carboxylic acids is 1. The first-order valence-electron chi connectivity index (χ1n) is 5.19. The Balaban J connectivity index is 2.33. The Bertz CT molecular complexity index is 442. The number of benzene rings is 1. The molecule has 1 unspecified atom stereocenters. The van der Waals surface area contributed by atoms with Gasteiger partial charge in [0.1, 0.15) is 0 Å². The summed E-state index contributed by atoms with van der Waals surface area (Å²) in [5, 5.41) is 8.81. The molecular formula is C12H13NO3. The minimum absolute atomic E-state index is 0.00569. The second kappa shape index (κ2) is 3.96. The number of hydrogen-bond donors (Lipinski definition) is 1. The molecule has 1 aliphatic rings. The van der Waals surface area contributed by atoms with Gasteiger partial charge in [-0.3, -0.25) is 9.59 Å². The van der Waals surface area contributed by atoms with Crippen LogP contribution in [0.25, 0.3) is 0 Å². The topological polar surface area (TPSA) is 57.6 Å². The Hall–Kier alpha value is -1.84. The molecule has 0 spiro atoms. The summed E-state index contributed by atoms with van der Waals surface area (Å²) in [6.07, 6.45) is 0.621. The van der Waals surface area contributed by atoms with E-state index in [9.17, 15) is 9.59 Å². The molecule has 0 saturated carbocycles. The van der Waals surface area contributed by atoms with Gasteiger partial charge in [-0.2, -0.15) is 0 Å². The quantitative estimate of drug-likeness (QED) is 0.818. The van der Waals surface area contributed by atoms with Crippen LogP contribution in [0, 0.1) is 0 Å². The van der Waals surface area contributed by atoms with Crippen molar-refractivity contribution in [1.82, 2.24) is 0 Å². The second-order valence-electron chi connectivity index (χ2n) is 3.97. The molecule has 16 heavy (non-hydrogen) atoms. The number of aliphatic carboxylic acids is 1. The Morgan fingerprint density at radius 3 is 2.75 bits per heavy atom. The van der Waals surface area contributed by atoms with Gasteiger partial charge in [-0.05, 0) is 18.1 Å². The van der Waals surface area contributed by atoms with Crippen LogP contribution in [0.4, 0.5) is 5.69 Å². The van der Waals surface area contributed by atoms with Gasteiger partial charge in [0.15, 0.2) is 0 Å². The molecule has 1 amide bonds. The van der Waals surface area contributed by atoms with E-state index in [0.29, 0.717) is 6.42 Å². The molecule has 1 N–H and O–H groups in total. The summed E-state index contributed by atoms with van der Waals surface area (Å²) in [6, 6.07) is 7.32. The summed E-state index contributed by atoms with van der Waals surface area (Å²) < 4.78 is 0. The number of nitrogens with zero attached hydrogens (tertiary/aromatic N) is 1. The fraction of sp³-hybridized carbons (Fsp3) is 0.333.